The highest BCUT2D eigenvalue weighted by Gasteiger charge is 2.45. The Morgan fingerprint density at radius 2 is 1.54 bits per heavy atom. The molecule has 0 bridgehead atoms. The molecule has 0 radical (unpaired) electrons. The molecule has 2 amide bonds. The molecule has 0 unspecified atom stereocenters. The van der Waals surface area contributed by atoms with Crippen LogP contribution in [0, 0.1) is 0 Å². The van der Waals surface area contributed by atoms with Gasteiger partial charge in [-0.15, -0.1) is 0 Å². The second-order valence-corrected chi connectivity index (χ2v) is 7.68. The molecule has 2 heterocycles. The van der Waals surface area contributed by atoms with Crippen LogP contribution in [-0.2, 0) is 4.79 Å². The van der Waals surface area contributed by atoms with Crippen molar-refractivity contribution >= 4 is 17.5 Å². The Morgan fingerprint density at radius 1 is 0.962 bits per heavy atom. The van der Waals surface area contributed by atoms with Crippen molar-refractivity contribution in [2.24, 2.45) is 5.73 Å². The summed E-state index contributed by atoms with van der Waals surface area (Å²) in [7, 11) is 3.96. The van der Waals surface area contributed by atoms with Crippen molar-refractivity contribution in [3.8, 4) is 0 Å². The van der Waals surface area contributed by atoms with Gasteiger partial charge < -0.3 is 15.5 Å². The van der Waals surface area contributed by atoms with Gasteiger partial charge in [0, 0.05) is 38.4 Å². The van der Waals surface area contributed by atoms with Gasteiger partial charge in [-0.1, -0.05) is 6.42 Å². The van der Waals surface area contributed by atoms with Gasteiger partial charge in [0.2, 0.25) is 5.91 Å². The number of likely N-dealkylation sites (tertiary alicyclic amines) is 2. The van der Waals surface area contributed by atoms with E-state index < -0.39 is 5.54 Å². The molecular formula is C20H30N4O2. The summed E-state index contributed by atoms with van der Waals surface area (Å²) in [6, 6.07) is 7.66. The Kier molecular flexibility index (Phi) is 5.51. The van der Waals surface area contributed by atoms with Crippen molar-refractivity contribution in [2.75, 3.05) is 45.2 Å². The number of nitrogens with two attached hydrogens (primary N) is 1. The van der Waals surface area contributed by atoms with E-state index in [-0.39, 0.29) is 11.8 Å². The van der Waals surface area contributed by atoms with Gasteiger partial charge in [-0.2, -0.15) is 0 Å². The van der Waals surface area contributed by atoms with Gasteiger partial charge in [-0.05, 0) is 63.0 Å². The van der Waals surface area contributed by atoms with Gasteiger partial charge in [0.25, 0.3) is 5.91 Å². The molecule has 1 aromatic carbocycles. The van der Waals surface area contributed by atoms with Crippen molar-refractivity contribution in [3.63, 3.8) is 0 Å². The number of piperidine rings is 2. The fraction of sp³-hybridized carbons (Fsp3) is 0.600. The first-order valence-electron chi connectivity index (χ1n) is 9.56. The van der Waals surface area contributed by atoms with Crippen LogP contribution in [0.5, 0.6) is 0 Å². The van der Waals surface area contributed by atoms with Gasteiger partial charge >= 0.3 is 0 Å². The Hall–Kier alpha value is -2.08. The Morgan fingerprint density at radius 3 is 2.04 bits per heavy atom. The Labute approximate surface area is 155 Å². The number of nitrogens with zero attached hydrogens (tertiary/aromatic N) is 3. The van der Waals surface area contributed by atoms with E-state index in [1.807, 2.05) is 48.2 Å². The van der Waals surface area contributed by atoms with Crippen LogP contribution in [-0.4, -0.2) is 67.4 Å². The summed E-state index contributed by atoms with van der Waals surface area (Å²) in [5, 5.41) is 0. The second kappa shape index (κ2) is 7.66. The molecule has 0 spiro atoms. The van der Waals surface area contributed by atoms with Crippen LogP contribution < -0.4 is 10.6 Å². The zero-order valence-corrected chi connectivity index (χ0v) is 15.9. The van der Waals surface area contributed by atoms with Crippen LogP contribution in [0.4, 0.5) is 5.69 Å². The van der Waals surface area contributed by atoms with Crippen LogP contribution in [0.1, 0.15) is 42.5 Å². The maximum Gasteiger partial charge on any atom is 0.253 e. The third kappa shape index (κ3) is 3.56. The number of rotatable bonds is 4. The Bertz CT molecular complexity index is 642. The molecule has 142 valence electrons. The van der Waals surface area contributed by atoms with Crippen LogP contribution >= 0.6 is 0 Å². The maximum absolute atomic E-state index is 12.8. The molecule has 3 rings (SSSR count). The molecule has 1 aromatic rings. The summed E-state index contributed by atoms with van der Waals surface area (Å²) in [6.45, 7) is 3.02. The molecule has 2 N–H and O–H groups in total. The molecular weight excluding hydrogens is 328 g/mol. The summed E-state index contributed by atoms with van der Waals surface area (Å²) in [6.07, 6.45) is 4.72. The molecule has 2 saturated heterocycles. The first kappa shape index (κ1) is 18.7. The molecule has 6 heteroatoms. The molecule has 6 nitrogen and oxygen atoms in total. The zero-order chi connectivity index (χ0) is 18.7. The van der Waals surface area contributed by atoms with E-state index in [1.54, 1.807) is 0 Å². The van der Waals surface area contributed by atoms with E-state index in [2.05, 4.69) is 4.90 Å². The summed E-state index contributed by atoms with van der Waals surface area (Å²) in [5.41, 5.74) is 7.01. The fourth-order valence-corrected chi connectivity index (χ4v) is 4.20. The van der Waals surface area contributed by atoms with Crippen LogP contribution in [0.25, 0.3) is 0 Å². The average molecular weight is 358 g/mol. The zero-order valence-electron chi connectivity index (χ0n) is 15.9. The number of hydrogen-bond donors (Lipinski definition) is 1. The van der Waals surface area contributed by atoms with Crippen molar-refractivity contribution in [1.29, 1.82) is 0 Å². The quantitative estimate of drug-likeness (QED) is 0.889. The van der Waals surface area contributed by atoms with Gasteiger partial charge in [0.05, 0.1) is 0 Å². The predicted octanol–water partition coefficient (Wildman–Crippen LogP) is 1.70. The molecule has 2 fully saturated rings. The Balaban J connectivity index is 1.68. The van der Waals surface area contributed by atoms with E-state index in [0.717, 1.165) is 31.6 Å². The topological polar surface area (TPSA) is 69.9 Å². The highest BCUT2D eigenvalue weighted by molar-refractivity contribution is 5.95. The van der Waals surface area contributed by atoms with Crippen molar-refractivity contribution in [1.82, 2.24) is 9.80 Å². The first-order chi connectivity index (χ1) is 12.4. The summed E-state index contributed by atoms with van der Waals surface area (Å²) >= 11 is 0. The summed E-state index contributed by atoms with van der Waals surface area (Å²) < 4.78 is 0. The van der Waals surface area contributed by atoms with E-state index in [9.17, 15) is 9.59 Å². The van der Waals surface area contributed by atoms with Crippen LogP contribution in [0.15, 0.2) is 24.3 Å². The number of hydrogen-bond acceptors (Lipinski definition) is 4. The number of carbonyl (C=O) groups is 2. The highest BCUT2D eigenvalue weighted by atomic mass is 16.2. The highest BCUT2D eigenvalue weighted by Crippen LogP contribution is 2.32. The number of anilines is 1. The van der Waals surface area contributed by atoms with E-state index in [4.69, 9.17) is 5.73 Å². The normalized spacial score (nSPS) is 20.6. The minimum absolute atomic E-state index is 0.0343. The second-order valence-electron chi connectivity index (χ2n) is 7.68. The lowest BCUT2D eigenvalue weighted by molar-refractivity contribution is -0.134. The average Bonchev–Trinajstić information content (AvgIpc) is 2.68. The lowest BCUT2D eigenvalue weighted by atomic mass is 9.83. The molecule has 0 aliphatic carbocycles. The van der Waals surface area contributed by atoms with Crippen molar-refractivity contribution in [3.05, 3.63) is 29.8 Å². The van der Waals surface area contributed by atoms with E-state index >= 15 is 0 Å². The minimum atomic E-state index is -0.577. The van der Waals surface area contributed by atoms with Gasteiger partial charge in [0.1, 0.15) is 5.54 Å². The predicted molar refractivity (Wildman–Crippen MR) is 103 cm³/mol. The van der Waals surface area contributed by atoms with E-state index in [1.165, 1.54) is 6.42 Å². The molecule has 0 atom stereocenters. The fourth-order valence-electron chi connectivity index (χ4n) is 4.20. The molecule has 2 aliphatic rings. The lowest BCUT2D eigenvalue weighted by Crippen LogP contribution is -2.63. The van der Waals surface area contributed by atoms with Gasteiger partial charge in [-0.25, -0.2) is 0 Å². The monoisotopic (exact) mass is 358 g/mol. The standard InChI is InChI=1S/C20H30N4O2/c1-22(2)17-8-6-16(7-9-17)18(25)23-14-10-20(11-15-23,19(21)26)24-12-4-3-5-13-24/h6-9H,3-5,10-15H2,1-2H3,(H2,21,26). The van der Waals surface area contributed by atoms with Gasteiger partial charge in [0.15, 0.2) is 0 Å². The van der Waals surface area contributed by atoms with Crippen LogP contribution in [0.3, 0.4) is 0 Å². The number of carbonyl (C=O) groups excluding carboxylic acids is 2. The summed E-state index contributed by atoms with van der Waals surface area (Å²) in [4.78, 5) is 31.3. The lowest BCUT2D eigenvalue weighted by Gasteiger charge is -2.48. The molecule has 2 aliphatic heterocycles. The summed E-state index contributed by atoms with van der Waals surface area (Å²) in [5.74, 6) is -0.200. The molecule has 0 saturated carbocycles. The maximum atomic E-state index is 12.8. The van der Waals surface area contributed by atoms with Crippen LogP contribution in [0.2, 0.25) is 0 Å². The van der Waals surface area contributed by atoms with Crippen molar-refractivity contribution in [2.45, 2.75) is 37.6 Å². The molecule has 0 aromatic heterocycles. The smallest absolute Gasteiger partial charge is 0.253 e. The SMILES string of the molecule is CN(C)c1ccc(C(=O)N2CCC(C(N)=O)(N3CCCCC3)CC2)cc1. The first-order valence-corrected chi connectivity index (χ1v) is 9.56. The third-order valence-electron chi connectivity index (χ3n) is 5.93. The molecule has 26 heavy (non-hydrogen) atoms. The number of amides is 2. The number of primary amides is 1. The third-order valence-corrected chi connectivity index (χ3v) is 5.93. The van der Waals surface area contributed by atoms with Crippen molar-refractivity contribution < 1.29 is 9.59 Å². The minimum Gasteiger partial charge on any atom is -0.378 e. The van der Waals surface area contributed by atoms with E-state index in [0.29, 0.717) is 31.5 Å². The number of benzene rings is 1. The van der Waals surface area contributed by atoms with Gasteiger partial charge in [-0.3, -0.25) is 14.5 Å². The largest absolute Gasteiger partial charge is 0.378 e.